The van der Waals surface area contributed by atoms with Crippen molar-refractivity contribution >= 4 is 46.5 Å². The van der Waals surface area contributed by atoms with Crippen molar-refractivity contribution in [3.05, 3.63) is 89.5 Å². The first-order valence-corrected chi connectivity index (χ1v) is 12.1. The van der Waals surface area contributed by atoms with E-state index in [0.717, 1.165) is 35.9 Å². The van der Waals surface area contributed by atoms with Gasteiger partial charge in [0.05, 0.1) is 11.4 Å². The smallest absolute Gasteiger partial charge is 0.269 e. The lowest BCUT2D eigenvalue weighted by Gasteiger charge is -2.33. The van der Waals surface area contributed by atoms with Gasteiger partial charge in [0.2, 0.25) is 16.7 Å². The monoisotopic (exact) mass is 493 g/mol. The minimum absolute atomic E-state index is 0.0249. The molecule has 1 saturated heterocycles. The molecule has 0 radical (unpaired) electrons. The number of amides is 3. The number of nitrogens with zero attached hydrogens (tertiary/aromatic N) is 2. The number of carbonyl (C=O) groups excluding carboxylic acids is 3. The molecule has 1 spiro atoms. The summed E-state index contributed by atoms with van der Waals surface area (Å²) in [5, 5.41) is 2.80. The fourth-order valence-corrected chi connectivity index (χ4v) is 5.86. The molecule has 6 nitrogen and oxygen atoms in total. The molecule has 9 heteroatoms. The van der Waals surface area contributed by atoms with Crippen molar-refractivity contribution in [1.29, 1.82) is 0 Å². The van der Waals surface area contributed by atoms with Crippen LogP contribution in [0.3, 0.4) is 0 Å². The summed E-state index contributed by atoms with van der Waals surface area (Å²) in [6.07, 6.45) is 0.875. The average Bonchev–Trinajstić information content (AvgIpc) is 3.32. The maximum Gasteiger partial charge on any atom is 0.269 e. The van der Waals surface area contributed by atoms with Crippen LogP contribution in [0.25, 0.3) is 0 Å². The van der Waals surface area contributed by atoms with Gasteiger partial charge in [-0.3, -0.25) is 24.2 Å². The number of fused-ring (bicyclic) bond motifs is 2. The van der Waals surface area contributed by atoms with E-state index in [-0.39, 0.29) is 18.0 Å². The van der Waals surface area contributed by atoms with Crippen molar-refractivity contribution in [2.75, 3.05) is 27.4 Å². The standard InChI is InChI=1S/C26H21F2N3O3S/c1-2-16-7-9-17(10-8-16)29-23(32)14-30-22-6-4-3-5-19(22)26(25(30)34)31(24(33)15-35-26)18-11-12-20(27)21(28)13-18/h3-13H,2,14-15H2,1H3,(H,29,32). The summed E-state index contributed by atoms with van der Waals surface area (Å²) in [5.74, 6) is -3.49. The first-order chi connectivity index (χ1) is 16.8. The van der Waals surface area contributed by atoms with Crippen molar-refractivity contribution in [2.45, 2.75) is 18.2 Å². The van der Waals surface area contributed by atoms with Crippen LogP contribution in [-0.2, 0) is 25.7 Å². The second-order valence-electron chi connectivity index (χ2n) is 8.27. The van der Waals surface area contributed by atoms with Gasteiger partial charge < -0.3 is 5.32 Å². The number of halogens is 2. The molecule has 5 rings (SSSR count). The van der Waals surface area contributed by atoms with Gasteiger partial charge >= 0.3 is 0 Å². The summed E-state index contributed by atoms with van der Waals surface area (Å²) < 4.78 is 27.7. The van der Waals surface area contributed by atoms with Gasteiger partial charge in [0.25, 0.3) is 5.91 Å². The Labute approximate surface area is 204 Å². The fraction of sp³-hybridized carbons (Fsp3) is 0.192. The number of carbonyl (C=O) groups is 3. The van der Waals surface area contributed by atoms with Crippen molar-refractivity contribution < 1.29 is 23.2 Å². The molecular formula is C26H21F2N3O3S. The number of benzene rings is 3. The Hall–Kier alpha value is -3.72. The van der Waals surface area contributed by atoms with Gasteiger partial charge in [0.1, 0.15) is 6.54 Å². The number of hydrogen-bond donors (Lipinski definition) is 1. The van der Waals surface area contributed by atoms with Gasteiger partial charge in [-0.25, -0.2) is 8.78 Å². The van der Waals surface area contributed by atoms with Gasteiger partial charge in [0, 0.05) is 23.0 Å². The van der Waals surface area contributed by atoms with Crippen LogP contribution >= 0.6 is 11.8 Å². The number of nitrogens with one attached hydrogen (secondary N) is 1. The van der Waals surface area contributed by atoms with Crippen LogP contribution in [0.2, 0.25) is 0 Å². The van der Waals surface area contributed by atoms with Gasteiger partial charge in [-0.15, -0.1) is 11.8 Å². The molecule has 3 aromatic carbocycles. The molecule has 35 heavy (non-hydrogen) atoms. The van der Waals surface area contributed by atoms with Gasteiger partial charge in [-0.1, -0.05) is 37.3 Å². The quantitative estimate of drug-likeness (QED) is 0.571. The molecule has 3 aromatic rings. The Kier molecular flexibility index (Phi) is 5.80. The number of anilines is 3. The SMILES string of the molecule is CCc1ccc(NC(=O)CN2C(=O)C3(SCC(=O)N3c3ccc(F)c(F)c3)c3ccccc32)cc1. The molecule has 0 aromatic heterocycles. The lowest BCUT2D eigenvalue weighted by molar-refractivity contribution is -0.124. The maximum absolute atomic E-state index is 14.1. The summed E-state index contributed by atoms with van der Waals surface area (Å²) in [7, 11) is 0. The van der Waals surface area contributed by atoms with Crippen LogP contribution in [0.4, 0.5) is 25.8 Å². The Morgan fingerprint density at radius 3 is 2.49 bits per heavy atom. The molecule has 2 aliphatic rings. The van der Waals surface area contributed by atoms with E-state index < -0.39 is 34.2 Å². The van der Waals surface area contributed by atoms with Gasteiger partial charge in [-0.2, -0.15) is 0 Å². The Balaban J connectivity index is 1.49. The molecule has 0 saturated carbocycles. The van der Waals surface area contributed by atoms with E-state index in [1.54, 1.807) is 36.4 Å². The van der Waals surface area contributed by atoms with Crippen LogP contribution < -0.4 is 15.1 Å². The third-order valence-electron chi connectivity index (χ3n) is 6.17. The fourth-order valence-electron chi connectivity index (χ4n) is 4.50. The highest BCUT2D eigenvalue weighted by Crippen LogP contribution is 2.55. The third-order valence-corrected chi connectivity index (χ3v) is 7.56. The molecule has 0 aliphatic carbocycles. The number of aryl methyl sites for hydroxylation is 1. The summed E-state index contributed by atoms with van der Waals surface area (Å²) in [6, 6.07) is 17.4. The Bertz CT molecular complexity index is 1350. The zero-order valence-electron chi connectivity index (χ0n) is 18.8. The van der Waals surface area contributed by atoms with Crippen LogP contribution in [0.5, 0.6) is 0 Å². The second kappa shape index (κ2) is 8.81. The van der Waals surface area contributed by atoms with Crippen molar-refractivity contribution in [3.63, 3.8) is 0 Å². The van der Waals surface area contributed by atoms with Crippen LogP contribution in [0.1, 0.15) is 18.1 Å². The molecule has 2 aliphatic heterocycles. The van der Waals surface area contributed by atoms with E-state index in [9.17, 15) is 23.2 Å². The number of rotatable bonds is 5. The summed E-state index contributed by atoms with van der Waals surface area (Å²) >= 11 is 1.10. The van der Waals surface area contributed by atoms with E-state index >= 15 is 0 Å². The lowest BCUT2D eigenvalue weighted by Crippen LogP contribution is -2.51. The summed E-state index contributed by atoms with van der Waals surface area (Å²) in [4.78, 5) is 40.8. The number of para-hydroxylation sites is 1. The molecule has 178 valence electrons. The van der Waals surface area contributed by atoms with E-state index in [2.05, 4.69) is 5.32 Å². The lowest BCUT2D eigenvalue weighted by atomic mass is 10.0. The number of hydrogen-bond acceptors (Lipinski definition) is 4. The minimum atomic E-state index is -1.51. The zero-order valence-corrected chi connectivity index (χ0v) is 19.6. The molecule has 1 unspecified atom stereocenters. The molecule has 1 fully saturated rings. The summed E-state index contributed by atoms with van der Waals surface area (Å²) in [6.45, 7) is 1.77. The van der Waals surface area contributed by atoms with Crippen LogP contribution in [0, 0.1) is 11.6 Å². The van der Waals surface area contributed by atoms with Gasteiger partial charge in [0.15, 0.2) is 11.6 Å². The van der Waals surface area contributed by atoms with E-state index in [1.807, 2.05) is 19.1 Å². The third kappa shape index (κ3) is 3.76. The van der Waals surface area contributed by atoms with E-state index in [4.69, 9.17) is 0 Å². The first-order valence-electron chi connectivity index (χ1n) is 11.1. The molecule has 2 heterocycles. The highest BCUT2D eigenvalue weighted by atomic mass is 32.2. The van der Waals surface area contributed by atoms with Gasteiger partial charge in [-0.05, 0) is 42.3 Å². The summed E-state index contributed by atoms with van der Waals surface area (Å²) in [5.41, 5.74) is 2.82. The predicted octanol–water partition coefficient (Wildman–Crippen LogP) is 4.45. The largest absolute Gasteiger partial charge is 0.325 e. The minimum Gasteiger partial charge on any atom is -0.325 e. The molecule has 1 atom stereocenters. The van der Waals surface area contributed by atoms with E-state index in [0.29, 0.717) is 16.9 Å². The Morgan fingerprint density at radius 2 is 1.77 bits per heavy atom. The molecule has 3 amide bonds. The van der Waals surface area contributed by atoms with Crippen molar-refractivity contribution in [1.82, 2.24) is 0 Å². The van der Waals surface area contributed by atoms with Crippen molar-refractivity contribution in [2.24, 2.45) is 0 Å². The van der Waals surface area contributed by atoms with Crippen LogP contribution in [0.15, 0.2) is 66.7 Å². The highest BCUT2D eigenvalue weighted by Gasteiger charge is 2.61. The Morgan fingerprint density at radius 1 is 1.03 bits per heavy atom. The molecule has 0 bridgehead atoms. The van der Waals surface area contributed by atoms with E-state index in [1.165, 1.54) is 15.9 Å². The number of thioether (sulfide) groups is 1. The maximum atomic E-state index is 14.1. The topological polar surface area (TPSA) is 69.7 Å². The second-order valence-corrected chi connectivity index (χ2v) is 9.44. The predicted molar refractivity (Wildman–Crippen MR) is 131 cm³/mol. The highest BCUT2D eigenvalue weighted by molar-refractivity contribution is 8.02. The zero-order chi connectivity index (χ0) is 24.7. The molecular weight excluding hydrogens is 472 g/mol. The first kappa shape index (κ1) is 23.0. The normalized spacial score (nSPS) is 18.9. The average molecular weight is 494 g/mol. The van der Waals surface area contributed by atoms with Crippen molar-refractivity contribution in [3.8, 4) is 0 Å². The van der Waals surface area contributed by atoms with Crippen LogP contribution in [-0.4, -0.2) is 30.0 Å². The molecule has 1 N–H and O–H groups in total.